The molecule has 1 heterocycles. The number of hydrogen-bond acceptors (Lipinski definition) is 2. The number of fused-ring (bicyclic) bond motifs is 3. The number of nitrogens with zero attached hydrogens (tertiary/aromatic N) is 3. The predicted molar refractivity (Wildman–Crippen MR) is 84.3 cm³/mol. The lowest BCUT2D eigenvalue weighted by molar-refractivity contribution is 0.827. The Bertz CT molecular complexity index is 946. The normalized spacial score (nSPS) is 11.5. The van der Waals surface area contributed by atoms with E-state index < -0.39 is 0 Å². The maximum Gasteiger partial charge on any atom is 0.101 e. The van der Waals surface area contributed by atoms with Crippen molar-refractivity contribution in [2.45, 2.75) is 13.5 Å². The van der Waals surface area contributed by atoms with Crippen molar-refractivity contribution in [3.05, 3.63) is 54.1 Å². The van der Waals surface area contributed by atoms with Crippen molar-refractivity contribution in [1.82, 2.24) is 4.57 Å². The summed E-state index contributed by atoms with van der Waals surface area (Å²) in [4.78, 5) is 0. The number of aromatic nitrogens is 1. The molecule has 0 aliphatic rings. The van der Waals surface area contributed by atoms with Gasteiger partial charge >= 0.3 is 0 Å². The monoisotopic (exact) mass is 271 g/mol. The molecule has 3 aromatic rings. The van der Waals surface area contributed by atoms with E-state index in [9.17, 15) is 5.26 Å². The summed E-state index contributed by atoms with van der Waals surface area (Å²) in [5.74, 6) is 0. The molecule has 0 radical (unpaired) electrons. The van der Waals surface area contributed by atoms with E-state index in [1.807, 2.05) is 36.4 Å². The van der Waals surface area contributed by atoms with Crippen molar-refractivity contribution >= 4 is 27.4 Å². The number of nitriles is 2. The Morgan fingerprint density at radius 2 is 1.86 bits per heavy atom. The van der Waals surface area contributed by atoms with Crippen LogP contribution in [0.5, 0.6) is 0 Å². The van der Waals surface area contributed by atoms with Gasteiger partial charge in [-0.05, 0) is 30.7 Å². The van der Waals surface area contributed by atoms with Crippen LogP contribution in [0.1, 0.15) is 12.5 Å². The zero-order chi connectivity index (χ0) is 14.8. The molecule has 3 nitrogen and oxygen atoms in total. The maximum absolute atomic E-state index is 9.17. The Morgan fingerprint density at radius 3 is 2.57 bits per heavy atom. The molecule has 0 N–H and O–H groups in total. The summed E-state index contributed by atoms with van der Waals surface area (Å²) >= 11 is 0. The molecule has 0 aliphatic heterocycles. The minimum Gasteiger partial charge on any atom is -0.341 e. The van der Waals surface area contributed by atoms with Crippen molar-refractivity contribution in [3.8, 4) is 12.1 Å². The average Bonchev–Trinajstić information content (AvgIpc) is 2.85. The fraction of sp³-hybridized carbons (Fsp3) is 0.111. The number of rotatable bonds is 2. The van der Waals surface area contributed by atoms with E-state index in [-0.39, 0.29) is 0 Å². The molecule has 3 heteroatoms. The molecule has 1 aromatic heterocycles. The number of benzene rings is 2. The summed E-state index contributed by atoms with van der Waals surface area (Å²) in [5, 5.41) is 20.2. The van der Waals surface area contributed by atoms with E-state index in [0.717, 1.165) is 23.0 Å². The van der Waals surface area contributed by atoms with E-state index in [0.29, 0.717) is 5.57 Å². The van der Waals surface area contributed by atoms with Crippen LogP contribution in [0.15, 0.2) is 48.5 Å². The van der Waals surface area contributed by atoms with Gasteiger partial charge in [0.1, 0.15) is 6.07 Å². The molecule has 0 amide bonds. The zero-order valence-corrected chi connectivity index (χ0v) is 11.7. The fourth-order valence-corrected chi connectivity index (χ4v) is 2.81. The van der Waals surface area contributed by atoms with Crippen LogP contribution in [-0.2, 0) is 6.54 Å². The minimum absolute atomic E-state index is 0.396. The van der Waals surface area contributed by atoms with Crippen LogP contribution in [0.2, 0.25) is 0 Å². The van der Waals surface area contributed by atoms with Crippen LogP contribution in [0.3, 0.4) is 0 Å². The number of para-hydroxylation sites is 1. The largest absolute Gasteiger partial charge is 0.341 e. The highest BCUT2D eigenvalue weighted by molar-refractivity contribution is 6.09. The minimum atomic E-state index is 0.396. The van der Waals surface area contributed by atoms with Gasteiger partial charge in [-0.25, -0.2) is 0 Å². The van der Waals surface area contributed by atoms with Gasteiger partial charge in [-0.1, -0.05) is 24.3 Å². The van der Waals surface area contributed by atoms with Gasteiger partial charge < -0.3 is 4.57 Å². The molecule has 0 unspecified atom stereocenters. The first-order valence-electron chi connectivity index (χ1n) is 6.81. The van der Waals surface area contributed by atoms with Crippen molar-refractivity contribution in [2.75, 3.05) is 0 Å². The molecule has 100 valence electrons. The second-order valence-electron chi connectivity index (χ2n) is 4.79. The average molecular weight is 271 g/mol. The summed E-state index contributed by atoms with van der Waals surface area (Å²) in [6.45, 7) is 3.01. The van der Waals surface area contributed by atoms with Gasteiger partial charge in [0, 0.05) is 34.4 Å². The van der Waals surface area contributed by atoms with E-state index in [4.69, 9.17) is 5.26 Å². The lowest BCUT2D eigenvalue weighted by Crippen LogP contribution is -1.92. The first kappa shape index (κ1) is 13.0. The number of aryl methyl sites for hydroxylation is 1. The van der Waals surface area contributed by atoms with Gasteiger partial charge in [-0.15, -0.1) is 0 Å². The molecule has 0 saturated carbocycles. The van der Waals surface area contributed by atoms with Crippen molar-refractivity contribution in [3.63, 3.8) is 0 Å². The van der Waals surface area contributed by atoms with Gasteiger partial charge in [0.2, 0.25) is 0 Å². The molecule has 0 bridgehead atoms. The summed E-state index contributed by atoms with van der Waals surface area (Å²) in [6, 6.07) is 18.2. The third-order valence-corrected chi connectivity index (χ3v) is 3.73. The molecule has 0 spiro atoms. The van der Waals surface area contributed by atoms with Gasteiger partial charge in [0.05, 0.1) is 11.6 Å². The quantitative estimate of drug-likeness (QED) is 0.654. The maximum atomic E-state index is 9.17. The lowest BCUT2D eigenvalue weighted by atomic mass is 10.0. The molecular weight excluding hydrogens is 258 g/mol. The highest BCUT2D eigenvalue weighted by atomic mass is 15.0. The van der Waals surface area contributed by atoms with Gasteiger partial charge in [-0.3, -0.25) is 0 Å². The van der Waals surface area contributed by atoms with Crippen LogP contribution >= 0.6 is 0 Å². The smallest absolute Gasteiger partial charge is 0.101 e. The molecule has 0 aliphatic carbocycles. The van der Waals surface area contributed by atoms with Crippen LogP contribution in [0.4, 0.5) is 0 Å². The predicted octanol–water partition coefficient (Wildman–Crippen LogP) is 4.24. The van der Waals surface area contributed by atoms with Crippen LogP contribution in [-0.4, -0.2) is 4.57 Å². The molecule has 0 saturated heterocycles. The van der Waals surface area contributed by atoms with Crippen molar-refractivity contribution in [1.29, 1.82) is 10.5 Å². The number of allylic oxidation sites excluding steroid dienone is 2. The molecule has 2 aromatic carbocycles. The second-order valence-corrected chi connectivity index (χ2v) is 4.79. The molecule has 0 atom stereocenters. The van der Waals surface area contributed by atoms with E-state index in [1.165, 1.54) is 17.0 Å². The van der Waals surface area contributed by atoms with E-state index >= 15 is 0 Å². The van der Waals surface area contributed by atoms with E-state index in [1.54, 1.807) is 0 Å². The van der Waals surface area contributed by atoms with E-state index in [2.05, 4.69) is 29.7 Å². The van der Waals surface area contributed by atoms with Crippen LogP contribution in [0.25, 0.3) is 27.4 Å². The Balaban J connectivity index is 2.38. The van der Waals surface area contributed by atoms with Gasteiger partial charge in [-0.2, -0.15) is 10.5 Å². The first-order chi connectivity index (χ1) is 10.3. The van der Waals surface area contributed by atoms with Crippen LogP contribution < -0.4 is 0 Å². The van der Waals surface area contributed by atoms with Crippen molar-refractivity contribution < 1.29 is 0 Å². The van der Waals surface area contributed by atoms with Crippen LogP contribution in [0, 0.1) is 22.7 Å². The zero-order valence-electron chi connectivity index (χ0n) is 11.7. The standard InChI is InChI=1S/C18H13N3/c1-2-21-17-6-4-3-5-15(17)16-11-13(7-8-18(16)21)14(12-20)9-10-19/h3-9,11H,2H2,1H3. The molecule has 21 heavy (non-hydrogen) atoms. The highest BCUT2D eigenvalue weighted by Gasteiger charge is 2.10. The molecule has 0 fully saturated rings. The Morgan fingerprint density at radius 1 is 1.10 bits per heavy atom. The Labute approximate surface area is 122 Å². The first-order valence-corrected chi connectivity index (χ1v) is 6.81. The summed E-state index contributed by atoms with van der Waals surface area (Å²) in [7, 11) is 0. The summed E-state index contributed by atoms with van der Waals surface area (Å²) in [5.41, 5.74) is 3.52. The van der Waals surface area contributed by atoms with Crippen molar-refractivity contribution in [2.24, 2.45) is 0 Å². The van der Waals surface area contributed by atoms with Gasteiger partial charge in [0.15, 0.2) is 0 Å². The summed E-state index contributed by atoms with van der Waals surface area (Å²) in [6.07, 6.45) is 1.29. The Kier molecular flexibility index (Phi) is 3.18. The van der Waals surface area contributed by atoms with Gasteiger partial charge in [0.25, 0.3) is 0 Å². The number of hydrogen-bond donors (Lipinski definition) is 0. The summed E-state index contributed by atoms with van der Waals surface area (Å²) < 4.78 is 2.26. The highest BCUT2D eigenvalue weighted by Crippen LogP contribution is 2.31. The third kappa shape index (κ3) is 1.96. The Hall–Kier alpha value is -3.04. The third-order valence-electron chi connectivity index (χ3n) is 3.73. The SMILES string of the molecule is CCn1c2ccccc2c2cc(C(C#N)=CC#N)ccc21. The fourth-order valence-electron chi connectivity index (χ4n) is 2.81. The topological polar surface area (TPSA) is 52.5 Å². The molecule has 3 rings (SSSR count). The lowest BCUT2D eigenvalue weighted by Gasteiger charge is -2.03. The second kappa shape index (κ2) is 5.15. The molecular formula is C18H13N3.